The van der Waals surface area contributed by atoms with E-state index >= 15 is 0 Å². The van der Waals surface area contributed by atoms with Gasteiger partial charge in [-0.2, -0.15) is 0 Å². The smallest absolute Gasteiger partial charge is 0.351 e. The maximum Gasteiger partial charge on any atom is 0.351 e. The maximum absolute atomic E-state index is 11.8. The van der Waals surface area contributed by atoms with E-state index in [0.29, 0.717) is 5.39 Å². The second-order valence-electron chi connectivity index (χ2n) is 3.88. The highest BCUT2D eigenvalue weighted by molar-refractivity contribution is 6.02. The number of rotatable bonds is 1. The third-order valence-electron chi connectivity index (χ3n) is 2.73. The van der Waals surface area contributed by atoms with Crippen molar-refractivity contribution in [3.63, 3.8) is 0 Å². The maximum atomic E-state index is 11.8. The van der Waals surface area contributed by atoms with Crippen LogP contribution in [0.15, 0.2) is 48.8 Å². The molecule has 0 unspecified atom stereocenters. The fraction of sp³-hybridized carbons (Fsp3) is 0. The van der Waals surface area contributed by atoms with Crippen molar-refractivity contribution in [1.82, 2.24) is 0 Å². The van der Waals surface area contributed by atoms with Crippen molar-refractivity contribution in [3.05, 3.63) is 56.7 Å². The van der Waals surface area contributed by atoms with E-state index in [1.54, 1.807) is 24.3 Å². The van der Waals surface area contributed by atoms with Gasteiger partial charge in [0, 0.05) is 0 Å². The van der Waals surface area contributed by atoms with Gasteiger partial charge in [0.05, 0.1) is 5.39 Å². The number of carboxylic acid groups (broad SMARTS) is 1. The molecule has 1 N–H and O–H groups in total. The van der Waals surface area contributed by atoms with Gasteiger partial charge in [0.1, 0.15) is 16.5 Å². The molecule has 3 rings (SSSR count). The topological polar surface area (TPSA) is 97.7 Å². The summed E-state index contributed by atoms with van der Waals surface area (Å²) in [6, 6.07) is 7.50. The largest absolute Gasteiger partial charge is 0.477 e. The summed E-state index contributed by atoms with van der Waals surface area (Å²) in [5, 5.41) is 9.20. The summed E-state index contributed by atoms with van der Waals surface area (Å²) in [6.07, 6.45) is 0. The summed E-state index contributed by atoms with van der Waals surface area (Å²) in [7, 11) is 0. The van der Waals surface area contributed by atoms with E-state index in [2.05, 4.69) is 0 Å². The van der Waals surface area contributed by atoms with Crippen LogP contribution in [0.4, 0.5) is 0 Å². The number of carbonyl (C=O) groups is 1. The molecule has 19 heavy (non-hydrogen) atoms. The highest BCUT2D eigenvalue weighted by Crippen LogP contribution is 2.21. The summed E-state index contributed by atoms with van der Waals surface area (Å²) in [5.41, 5.74) is -2.06. The van der Waals surface area contributed by atoms with Gasteiger partial charge in [-0.1, -0.05) is 12.1 Å². The molecule has 0 amide bonds. The second-order valence-corrected chi connectivity index (χ2v) is 3.88. The zero-order valence-corrected chi connectivity index (χ0v) is 9.38. The van der Waals surface area contributed by atoms with Gasteiger partial charge in [-0.15, -0.1) is 0 Å². The molecule has 6 heteroatoms. The van der Waals surface area contributed by atoms with Crippen molar-refractivity contribution in [3.8, 4) is 0 Å². The third kappa shape index (κ3) is 1.61. The minimum atomic E-state index is -1.46. The molecule has 0 spiro atoms. The van der Waals surface area contributed by atoms with Crippen molar-refractivity contribution in [2.75, 3.05) is 0 Å². The second kappa shape index (κ2) is 3.81. The van der Waals surface area contributed by atoms with Crippen molar-refractivity contribution >= 4 is 27.9 Å². The molecule has 6 nitrogen and oxygen atoms in total. The van der Waals surface area contributed by atoms with E-state index in [4.69, 9.17) is 13.9 Å². The number of hydrogen-bond acceptors (Lipinski definition) is 5. The van der Waals surface area contributed by atoms with Gasteiger partial charge in [-0.05, 0) is 18.2 Å². The Bertz CT molecular complexity index is 931. The normalized spacial score (nSPS) is 10.9. The van der Waals surface area contributed by atoms with Gasteiger partial charge in [0.25, 0.3) is 0 Å². The summed E-state index contributed by atoms with van der Waals surface area (Å²) in [5.74, 6) is -1.46. The van der Waals surface area contributed by atoms with Crippen LogP contribution in [0.5, 0.6) is 0 Å². The highest BCUT2D eigenvalue weighted by Gasteiger charge is 2.16. The lowest BCUT2D eigenvalue weighted by molar-refractivity contribution is 0.0692. The molecule has 0 aliphatic heterocycles. The summed E-state index contributed by atoms with van der Waals surface area (Å²) in [4.78, 5) is 34.2. The minimum absolute atomic E-state index is 0.0295. The number of fused-ring (bicyclic) bond motifs is 3. The molecule has 0 aliphatic carbocycles. The number of hydrogen-bond donors (Lipinski definition) is 1. The van der Waals surface area contributed by atoms with Crippen molar-refractivity contribution in [2.24, 2.45) is 0 Å². The molecule has 0 fully saturated rings. The summed E-state index contributed by atoms with van der Waals surface area (Å²) in [6.45, 7) is 0. The SMILES string of the molecule is O=C(O)c1cc2c(=O)oc3ccccc3c2oc1=O. The molecule has 2 aromatic heterocycles. The van der Waals surface area contributed by atoms with Gasteiger partial charge in [0.2, 0.25) is 0 Å². The molecule has 0 saturated heterocycles. The summed E-state index contributed by atoms with van der Waals surface area (Å²) >= 11 is 0. The molecule has 0 bridgehead atoms. The Morgan fingerprint density at radius 3 is 2.47 bits per heavy atom. The first-order valence-corrected chi connectivity index (χ1v) is 5.31. The quantitative estimate of drug-likeness (QED) is 0.525. The van der Waals surface area contributed by atoms with E-state index in [-0.39, 0.29) is 16.6 Å². The number of benzene rings is 1. The number of aromatic carboxylic acids is 1. The van der Waals surface area contributed by atoms with E-state index in [1.165, 1.54) is 0 Å². The van der Waals surface area contributed by atoms with Crippen LogP contribution in [0.2, 0.25) is 0 Å². The van der Waals surface area contributed by atoms with E-state index in [1.807, 2.05) is 0 Å². The third-order valence-corrected chi connectivity index (χ3v) is 2.73. The molecule has 1 aromatic carbocycles. The first-order chi connectivity index (χ1) is 9.08. The number of carboxylic acids is 1. The lowest BCUT2D eigenvalue weighted by atomic mass is 10.1. The van der Waals surface area contributed by atoms with Crippen LogP contribution in [0, 0.1) is 0 Å². The first kappa shape index (κ1) is 11.2. The predicted octanol–water partition coefficient (Wildman–Crippen LogP) is 1.60. The number of para-hydroxylation sites is 1. The van der Waals surface area contributed by atoms with Crippen LogP contribution >= 0.6 is 0 Å². The fourth-order valence-corrected chi connectivity index (χ4v) is 1.87. The Balaban J connectivity index is 2.60. The van der Waals surface area contributed by atoms with E-state index < -0.39 is 22.8 Å². The van der Waals surface area contributed by atoms with Crippen molar-refractivity contribution in [2.45, 2.75) is 0 Å². The average molecular weight is 258 g/mol. The Hall–Kier alpha value is -2.89. The fourth-order valence-electron chi connectivity index (χ4n) is 1.87. The van der Waals surface area contributed by atoms with Gasteiger partial charge >= 0.3 is 17.2 Å². The lowest BCUT2D eigenvalue weighted by Crippen LogP contribution is -2.15. The Kier molecular flexibility index (Phi) is 2.25. The molecule has 0 radical (unpaired) electrons. The average Bonchev–Trinajstić information content (AvgIpc) is 2.38. The van der Waals surface area contributed by atoms with Gasteiger partial charge < -0.3 is 13.9 Å². The molecular formula is C13H6O6. The standard InChI is InChI=1S/C13H6O6/c14-11(15)8-5-7-10(19-13(8)17)6-3-1-2-4-9(6)18-12(7)16/h1-5H,(H,14,15). The van der Waals surface area contributed by atoms with E-state index in [0.717, 1.165) is 6.07 Å². The highest BCUT2D eigenvalue weighted by atomic mass is 16.4. The van der Waals surface area contributed by atoms with Crippen LogP contribution < -0.4 is 11.3 Å². The Labute approximate surface area is 104 Å². The van der Waals surface area contributed by atoms with Crippen LogP contribution in [0.3, 0.4) is 0 Å². The van der Waals surface area contributed by atoms with E-state index in [9.17, 15) is 14.4 Å². The molecule has 2 heterocycles. The monoisotopic (exact) mass is 258 g/mol. The zero-order chi connectivity index (χ0) is 13.6. The van der Waals surface area contributed by atoms with Crippen molar-refractivity contribution < 1.29 is 18.7 Å². The first-order valence-electron chi connectivity index (χ1n) is 5.31. The minimum Gasteiger partial charge on any atom is -0.477 e. The van der Waals surface area contributed by atoms with Crippen LogP contribution in [-0.2, 0) is 0 Å². The molecular weight excluding hydrogens is 252 g/mol. The van der Waals surface area contributed by atoms with Crippen molar-refractivity contribution in [1.29, 1.82) is 0 Å². The Morgan fingerprint density at radius 2 is 1.74 bits per heavy atom. The molecule has 0 atom stereocenters. The lowest BCUT2D eigenvalue weighted by Gasteiger charge is -2.01. The van der Waals surface area contributed by atoms with Gasteiger partial charge in [-0.25, -0.2) is 14.4 Å². The van der Waals surface area contributed by atoms with Crippen LogP contribution in [0.25, 0.3) is 21.9 Å². The summed E-state index contributed by atoms with van der Waals surface area (Å²) < 4.78 is 9.99. The van der Waals surface area contributed by atoms with Crippen LogP contribution in [-0.4, -0.2) is 11.1 Å². The van der Waals surface area contributed by atoms with Crippen LogP contribution in [0.1, 0.15) is 10.4 Å². The molecule has 3 aromatic rings. The molecule has 0 aliphatic rings. The molecule has 94 valence electrons. The zero-order valence-electron chi connectivity index (χ0n) is 9.38. The van der Waals surface area contributed by atoms with Gasteiger partial charge in [-0.3, -0.25) is 0 Å². The molecule has 0 saturated carbocycles. The predicted molar refractivity (Wildman–Crippen MR) is 65.5 cm³/mol. The Morgan fingerprint density at radius 1 is 1.00 bits per heavy atom. The van der Waals surface area contributed by atoms with Gasteiger partial charge in [0.15, 0.2) is 5.58 Å².